The highest BCUT2D eigenvalue weighted by Gasteiger charge is 2.40. The minimum atomic E-state index is 0.0354. The number of anilines is 1. The third kappa shape index (κ3) is 4.33. The fourth-order valence-electron chi connectivity index (χ4n) is 4.13. The van der Waals surface area contributed by atoms with Gasteiger partial charge in [-0.1, -0.05) is 24.3 Å². The van der Waals surface area contributed by atoms with Crippen LogP contribution in [0.15, 0.2) is 73.1 Å². The number of rotatable bonds is 8. The molecule has 0 amide bonds. The maximum Gasteiger partial charge on any atom is 0.170 e. The normalized spacial score (nSPS) is 18.6. The average molecular weight is 420 g/mol. The van der Waals surface area contributed by atoms with Gasteiger partial charge in [0.05, 0.1) is 17.8 Å². The molecule has 0 aliphatic carbocycles. The predicted molar refractivity (Wildman–Crippen MR) is 127 cm³/mol. The van der Waals surface area contributed by atoms with E-state index >= 15 is 0 Å². The lowest BCUT2D eigenvalue weighted by Gasteiger charge is -2.30. The zero-order chi connectivity index (χ0) is 20.9. The molecule has 0 bridgehead atoms. The molecule has 2 N–H and O–H groups in total. The first-order valence-corrected chi connectivity index (χ1v) is 11.0. The van der Waals surface area contributed by atoms with E-state index in [4.69, 9.17) is 12.2 Å². The van der Waals surface area contributed by atoms with E-state index in [0.29, 0.717) is 6.04 Å². The van der Waals surface area contributed by atoms with Gasteiger partial charge in [-0.25, -0.2) is 0 Å². The predicted octanol–water partition coefficient (Wildman–Crippen LogP) is 4.94. The van der Waals surface area contributed by atoms with Crippen LogP contribution in [0.4, 0.5) is 5.69 Å². The van der Waals surface area contributed by atoms with E-state index in [1.54, 1.807) is 0 Å². The van der Waals surface area contributed by atoms with Gasteiger partial charge in [-0.2, -0.15) is 0 Å². The van der Waals surface area contributed by atoms with Gasteiger partial charge in [0, 0.05) is 42.9 Å². The molecule has 1 fully saturated rings. The summed E-state index contributed by atoms with van der Waals surface area (Å²) in [5, 5.41) is 7.84. The Morgan fingerprint density at radius 1 is 1.07 bits per heavy atom. The number of nitrogens with zero attached hydrogens (tertiary/aromatic N) is 3. The summed E-state index contributed by atoms with van der Waals surface area (Å²) in [5.74, 6) is 0. The van der Waals surface area contributed by atoms with E-state index in [1.807, 2.05) is 24.4 Å². The largest absolute Gasteiger partial charge is 0.385 e. The molecule has 0 spiro atoms. The number of para-hydroxylation sites is 1. The van der Waals surface area contributed by atoms with Crippen LogP contribution in [0, 0.1) is 0 Å². The lowest BCUT2D eigenvalue weighted by atomic mass is 10.0. The van der Waals surface area contributed by atoms with Crippen molar-refractivity contribution < 1.29 is 0 Å². The van der Waals surface area contributed by atoms with Crippen LogP contribution in [0.3, 0.4) is 0 Å². The number of hydrogen-bond donors (Lipinski definition) is 2. The Morgan fingerprint density at radius 3 is 2.60 bits per heavy atom. The van der Waals surface area contributed by atoms with Crippen LogP contribution in [0.25, 0.3) is 0 Å². The third-order valence-corrected chi connectivity index (χ3v) is 5.90. The van der Waals surface area contributed by atoms with Crippen LogP contribution in [-0.4, -0.2) is 32.7 Å². The molecule has 3 heterocycles. The quantitative estimate of drug-likeness (QED) is 0.400. The van der Waals surface area contributed by atoms with Crippen LogP contribution in [0.2, 0.25) is 0 Å². The summed E-state index contributed by atoms with van der Waals surface area (Å²) in [7, 11) is 0. The van der Waals surface area contributed by atoms with E-state index in [9.17, 15) is 0 Å². The molecule has 5 nitrogen and oxygen atoms in total. The maximum atomic E-state index is 5.78. The van der Waals surface area contributed by atoms with Crippen LogP contribution in [0.5, 0.6) is 0 Å². The lowest BCUT2D eigenvalue weighted by molar-refractivity contribution is 0.298. The average Bonchev–Trinajstić information content (AvgIpc) is 3.37. The van der Waals surface area contributed by atoms with Crippen LogP contribution >= 0.6 is 12.2 Å². The minimum absolute atomic E-state index is 0.0354. The summed E-state index contributed by atoms with van der Waals surface area (Å²) in [6.45, 7) is 6.21. The number of pyridine rings is 1. The van der Waals surface area contributed by atoms with Crippen LogP contribution in [0.1, 0.15) is 49.8 Å². The van der Waals surface area contributed by atoms with Gasteiger partial charge in [-0.15, -0.1) is 0 Å². The molecule has 1 aliphatic rings. The van der Waals surface area contributed by atoms with Crippen molar-refractivity contribution in [2.45, 2.75) is 38.4 Å². The van der Waals surface area contributed by atoms with E-state index in [0.717, 1.165) is 36.0 Å². The molecule has 1 aliphatic heterocycles. The standard InChI is InChI=1S/C24H29N5S/c1-18(2)28-16-8-13-21(28)23-22(20-12-6-7-14-26-20)27-24(30)29(23)17-9-15-25-19-10-4-3-5-11-19/h3-8,10-14,16,18,22-23,25H,9,15,17H2,1-2H3,(H,27,30)/t22-,23+/m0/s1. The molecule has 3 aromatic rings. The molecule has 2 atom stereocenters. The zero-order valence-corrected chi connectivity index (χ0v) is 18.3. The number of thiocarbonyl (C=S) groups is 1. The van der Waals surface area contributed by atoms with Crippen molar-refractivity contribution >= 4 is 23.0 Å². The Morgan fingerprint density at radius 2 is 1.87 bits per heavy atom. The summed E-state index contributed by atoms with van der Waals surface area (Å²) in [6.07, 6.45) is 5.00. The van der Waals surface area contributed by atoms with Crippen LogP contribution in [-0.2, 0) is 0 Å². The second-order valence-corrected chi connectivity index (χ2v) is 8.29. The summed E-state index contributed by atoms with van der Waals surface area (Å²) in [6, 6.07) is 21.3. The van der Waals surface area contributed by atoms with Gasteiger partial charge in [0.1, 0.15) is 0 Å². The van der Waals surface area contributed by atoms with Gasteiger partial charge in [-0.3, -0.25) is 4.98 Å². The second kappa shape index (κ2) is 9.30. The Balaban J connectivity index is 1.54. The van der Waals surface area contributed by atoms with Crippen molar-refractivity contribution in [3.05, 3.63) is 84.4 Å². The number of benzene rings is 1. The van der Waals surface area contributed by atoms with E-state index in [2.05, 4.69) is 87.6 Å². The summed E-state index contributed by atoms with van der Waals surface area (Å²) in [5.41, 5.74) is 3.44. The van der Waals surface area contributed by atoms with Crippen molar-refractivity contribution in [2.24, 2.45) is 0 Å². The highest BCUT2D eigenvalue weighted by molar-refractivity contribution is 7.80. The molecule has 2 aromatic heterocycles. The minimum Gasteiger partial charge on any atom is -0.385 e. The van der Waals surface area contributed by atoms with Crippen molar-refractivity contribution in [2.75, 3.05) is 18.4 Å². The third-order valence-electron chi connectivity index (χ3n) is 5.55. The highest BCUT2D eigenvalue weighted by atomic mass is 32.1. The van der Waals surface area contributed by atoms with Crippen molar-refractivity contribution in [3.8, 4) is 0 Å². The smallest absolute Gasteiger partial charge is 0.170 e. The molecule has 0 saturated carbocycles. The van der Waals surface area contributed by atoms with E-state index in [1.165, 1.54) is 5.69 Å². The Labute approximate surface area is 184 Å². The zero-order valence-electron chi connectivity index (χ0n) is 17.5. The molecule has 6 heteroatoms. The Kier molecular flexibility index (Phi) is 6.33. The molecule has 1 saturated heterocycles. The second-order valence-electron chi connectivity index (χ2n) is 7.90. The molecule has 1 aromatic carbocycles. The fraction of sp³-hybridized carbons (Fsp3) is 0.333. The Hall–Kier alpha value is -2.86. The Bertz CT molecular complexity index is 954. The highest BCUT2D eigenvalue weighted by Crippen LogP contribution is 2.39. The fourth-order valence-corrected chi connectivity index (χ4v) is 4.47. The van der Waals surface area contributed by atoms with Gasteiger partial charge >= 0.3 is 0 Å². The molecular formula is C24H29N5S. The van der Waals surface area contributed by atoms with Gasteiger partial charge in [0.2, 0.25) is 0 Å². The molecule has 0 unspecified atom stereocenters. The molecule has 4 rings (SSSR count). The summed E-state index contributed by atoms with van der Waals surface area (Å²) >= 11 is 5.78. The van der Waals surface area contributed by atoms with E-state index < -0.39 is 0 Å². The lowest BCUT2D eigenvalue weighted by Crippen LogP contribution is -2.32. The van der Waals surface area contributed by atoms with Crippen molar-refractivity contribution in [1.29, 1.82) is 0 Å². The SMILES string of the molecule is CC(C)n1cccc1[C@@H]1[C@H](c2ccccn2)NC(=S)N1CCCNc1ccccc1. The number of nitrogens with one attached hydrogen (secondary N) is 2. The summed E-state index contributed by atoms with van der Waals surface area (Å²) in [4.78, 5) is 6.96. The monoisotopic (exact) mass is 419 g/mol. The topological polar surface area (TPSA) is 45.1 Å². The number of aromatic nitrogens is 2. The molecule has 156 valence electrons. The van der Waals surface area contributed by atoms with E-state index in [-0.39, 0.29) is 12.1 Å². The van der Waals surface area contributed by atoms with Crippen molar-refractivity contribution in [3.63, 3.8) is 0 Å². The van der Waals surface area contributed by atoms with Gasteiger partial charge in [0.15, 0.2) is 5.11 Å². The first kappa shape index (κ1) is 20.4. The number of hydrogen-bond acceptors (Lipinski definition) is 3. The van der Waals surface area contributed by atoms with Gasteiger partial charge < -0.3 is 20.1 Å². The van der Waals surface area contributed by atoms with Gasteiger partial charge in [-0.05, 0) is 68.9 Å². The first-order valence-electron chi connectivity index (χ1n) is 10.6. The maximum absolute atomic E-state index is 5.78. The van der Waals surface area contributed by atoms with Crippen LogP contribution < -0.4 is 10.6 Å². The first-order chi connectivity index (χ1) is 14.6. The van der Waals surface area contributed by atoms with Crippen molar-refractivity contribution in [1.82, 2.24) is 19.8 Å². The molecule has 30 heavy (non-hydrogen) atoms. The molecule has 0 radical (unpaired) electrons. The summed E-state index contributed by atoms with van der Waals surface area (Å²) < 4.78 is 2.34. The van der Waals surface area contributed by atoms with Gasteiger partial charge in [0.25, 0.3) is 0 Å². The molecular weight excluding hydrogens is 390 g/mol.